The number of aliphatic carboxylic acids is 1. The summed E-state index contributed by atoms with van der Waals surface area (Å²) in [6.45, 7) is 29.5. The van der Waals surface area contributed by atoms with E-state index in [9.17, 15) is 23.1 Å². The van der Waals surface area contributed by atoms with Gasteiger partial charge in [-0.2, -0.15) is 0 Å². The second-order valence-corrected chi connectivity index (χ2v) is 25.3. The van der Waals surface area contributed by atoms with Gasteiger partial charge >= 0.3 is 11.9 Å². The van der Waals surface area contributed by atoms with Crippen molar-refractivity contribution in [3.8, 4) is 0 Å². The lowest BCUT2D eigenvalue weighted by Crippen LogP contribution is -2.69. The molecule has 0 radical (unpaired) electrons. The molecule has 12 atom stereocenters. The third-order valence-electron chi connectivity index (χ3n) is 18.9. The topological polar surface area (TPSA) is 150 Å². The monoisotopic (exact) mass is 907 g/mol. The minimum Gasteiger partial charge on any atom is -0.481 e. The van der Waals surface area contributed by atoms with Crippen molar-refractivity contribution in [3.05, 3.63) is 12.2 Å². The average molecular weight is 907 g/mol. The molecule has 0 aromatic carbocycles. The number of allylic oxidation sites excluding steroid dienone is 1. The first-order valence-electron chi connectivity index (χ1n) is 24.5. The normalized spacial score (nSPS) is 38.3. The Morgan fingerprint density at radius 3 is 2.13 bits per heavy atom. The van der Waals surface area contributed by atoms with Crippen LogP contribution in [0.1, 0.15) is 133 Å². The van der Waals surface area contributed by atoms with Crippen LogP contribution in [0, 0.1) is 56.7 Å². The summed E-state index contributed by atoms with van der Waals surface area (Å²) in [6, 6.07) is 0.0231. The van der Waals surface area contributed by atoms with Crippen molar-refractivity contribution in [2.24, 2.45) is 56.7 Å². The predicted molar refractivity (Wildman–Crippen MR) is 246 cm³/mol. The molecular formula is C50H86N2O10S. The lowest BCUT2D eigenvalue weighted by molar-refractivity contribution is -0.246. The molecule has 2 N–H and O–H groups in total. The molecule has 362 valence electrons. The number of carboxylic acids is 1. The van der Waals surface area contributed by atoms with E-state index in [0.717, 1.165) is 51.5 Å². The van der Waals surface area contributed by atoms with Crippen molar-refractivity contribution in [3.63, 3.8) is 0 Å². The van der Waals surface area contributed by atoms with Gasteiger partial charge in [0.1, 0.15) is 6.10 Å². The van der Waals surface area contributed by atoms with Crippen molar-refractivity contribution in [1.82, 2.24) is 10.2 Å². The third-order valence-corrected chi connectivity index (χ3v) is 20.5. The number of hydrogen-bond donors (Lipinski definition) is 2. The van der Waals surface area contributed by atoms with Gasteiger partial charge < -0.3 is 34.1 Å². The number of carbonyl (C=O) groups excluding carboxylic acids is 1. The summed E-state index contributed by atoms with van der Waals surface area (Å²) >= 11 is 0. The summed E-state index contributed by atoms with van der Waals surface area (Å²) in [6.07, 6.45) is 10.6. The number of nitrogens with one attached hydrogen (secondary N) is 1. The molecule has 0 unspecified atom stereocenters. The molecule has 1 heterocycles. The quantitative estimate of drug-likeness (QED) is 0.0705. The number of ether oxygens (including phenoxy) is 5. The first-order chi connectivity index (χ1) is 29.5. The number of nitrogens with zero attached hydrogens (tertiary/aromatic N) is 1. The van der Waals surface area contributed by atoms with E-state index in [2.05, 4.69) is 65.3 Å². The number of rotatable bonds is 20. The summed E-state index contributed by atoms with van der Waals surface area (Å²) < 4.78 is 54.2. The van der Waals surface area contributed by atoms with Gasteiger partial charge in [0.25, 0.3) is 0 Å². The molecule has 6 rings (SSSR count). The van der Waals surface area contributed by atoms with Crippen LogP contribution in [0.2, 0.25) is 0 Å². The van der Waals surface area contributed by atoms with E-state index in [0.29, 0.717) is 82.3 Å². The van der Waals surface area contributed by atoms with Crippen LogP contribution in [0.15, 0.2) is 12.2 Å². The maximum absolute atomic E-state index is 13.2. The second-order valence-electron chi connectivity index (χ2n) is 23.0. The van der Waals surface area contributed by atoms with Gasteiger partial charge in [-0.1, -0.05) is 46.8 Å². The van der Waals surface area contributed by atoms with Crippen molar-refractivity contribution < 1.29 is 46.8 Å². The van der Waals surface area contributed by atoms with Crippen LogP contribution in [-0.2, 0) is 43.1 Å². The number of hydrogen-bond acceptors (Lipinski definition) is 11. The zero-order valence-corrected chi connectivity index (χ0v) is 41.7. The van der Waals surface area contributed by atoms with E-state index in [1.807, 2.05) is 0 Å². The van der Waals surface area contributed by atoms with Crippen LogP contribution < -0.4 is 5.32 Å². The highest BCUT2D eigenvalue weighted by atomic mass is 32.2. The van der Waals surface area contributed by atoms with Crippen molar-refractivity contribution in [2.45, 2.75) is 157 Å². The largest absolute Gasteiger partial charge is 0.481 e. The van der Waals surface area contributed by atoms with Gasteiger partial charge in [0.2, 0.25) is 0 Å². The molecule has 0 aromatic rings. The van der Waals surface area contributed by atoms with Crippen LogP contribution >= 0.6 is 0 Å². The van der Waals surface area contributed by atoms with Gasteiger partial charge in [0.15, 0.2) is 9.84 Å². The molecular weight excluding hydrogens is 821 g/mol. The Bertz CT molecular complexity index is 1720. The molecule has 5 saturated carbocycles. The molecule has 0 spiro atoms. The highest BCUT2D eigenvalue weighted by molar-refractivity contribution is 7.91. The van der Waals surface area contributed by atoms with E-state index >= 15 is 0 Å². The Labute approximate surface area is 381 Å². The van der Waals surface area contributed by atoms with Crippen LogP contribution in [-0.4, -0.2) is 132 Å². The molecule has 1 saturated heterocycles. The molecule has 13 heteroatoms. The summed E-state index contributed by atoms with van der Waals surface area (Å²) in [5, 5.41) is 14.0. The zero-order chi connectivity index (χ0) is 46.2. The first kappa shape index (κ1) is 50.8. The van der Waals surface area contributed by atoms with Gasteiger partial charge in [-0.3, -0.25) is 14.5 Å². The summed E-state index contributed by atoms with van der Waals surface area (Å²) in [4.78, 5) is 27.4. The van der Waals surface area contributed by atoms with E-state index in [1.165, 1.54) is 24.8 Å². The standard InChI is InChI=1S/C50H86N2O10S/c1-34(2)36-14-19-50(51-33-38(52-22-30-63(56,57)31-23-52)35(3)61-29-28-60-27-26-59-25-24-58-11)21-20-48(9)37(43(36)50)12-13-40-47(8)17-16-41(62-42(53)32-45(4,5)44(54)55)46(6,7)39(47)15-18-49(40,48)10/h35-41,43,51H,1,12-33H2,2-11H3,(H,54,55)/t35-,36+,37-,38-,39+,40-,41+,43-,47+,48-,49-,50+/m1/s1. The average Bonchev–Trinajstić information content (AvgIpc) is 3.59. The minimum atomic E-state index is -3.04. The molecule has 0 aromatic heterocycles. The maximum Gasteiger partial charge on any atom is 0.309 e. The first-order valence-corrected chi connectivity index (χ1v) is 26.3. The third kappa shape index (κ3) is 10.0. The fourth-order valence-corrected chi connectivity index (χ4v) is 16.3. The van der Waals surface area contributed by atoms with E-state index in [-0.39, 0.29) is 63.4 Å². The van der Waals surface area contributed by atoms with Gasteiger partial charge in [0, 0.05) is 43.7 Å². The molecule has 1 aliphatic heterocycles. The number of methoxy groups -OCH3 is 1. The Balaban J connectivity index is 1.18. The van der Waals surface area contributed by atoms with Gasteiger partial charge in [-0.15, -0.1) is 0 Å². The maximum atomic E-state index is 13.2. The number of sulfone groups is 1. The van der Waals surface area contributed by atoms with Crippen LogP contribution in [0.5, 0.6) is 0 Å². The summed E-state index contributed by atoms with van der Waals surface area (Å²) in [7, 11) is -1.38. The minimum absolute atomic E-state index is 0.0231. The van der Waals surface area contributed by atoms with Crippen LogP contribution in [0.25, 0.3) is 0 Å². The molecule has 0 amide bonds. The van der Waals surface area contributed by atoms with Gasteiger partial charge in [-0.05, 0) is 138 Å². The second kappa shape index (κ2) is 19.5. The summed E-state index contributed by atoms with van der Waals surface area (Å²) in [5.74, 6) is 1.41. The lowest BCUT2D eigenvalue weighted by atomic mass is 9.32. The molecule has 0 bridgehead atoms. The van der Waals surface area contributed by atoms with Crippen molar-refractivity contribution in [2.75, 3.05) is 77.9 Å². The Morgan fingerprint density at radius 2 is 1.49 bits per heavy atom. The number of fused-ring (bicyclic) bond motifs is 7. The van der Waals surface area contributed by atoms with Crippen molar-refractivity contribution in [1.29, 1.82) is 0 Å². The Morgan fingerprint density at radius 1 is 0.841 bits per heavy atom. The van der Waals surface area contributed by atoms with Crippen molar-refractivity contribution >= 4 is 21.8 Å². The van der Waals surface area contributed by atoms with Gasteiger partial charge in [0.05, 0.1) is 69.1 Å². The highest BCUT2D eigenvalue weighted by Gasteiger charge is 2.71. The highest BCUT2D eigenvalue weighted by Crippen LogP contribution is 2.76. The fraction of sp³-hybridized carbons (Fsp3) is 0.920. The van der Waals surface area contributed by atoms with Gasteiger partial charge in [-0.25, -0.2) is 8.42 Å². The number of esters is 1. The predicted octanol–water partition coefficient (Wildman–Crippen LogP) is 7.58. The van der Waals surface area contributed by atoms with E-state index < -0.39 is 27.2 Å². The fourth-order valence-electron chi connectivity index (χ4n) is 15.1. The summed E-state index contributed by atoms with van der Waals surface area (Å²) in [5.41, 5.74) is 0.309. The molecule has 12 nitrogen and oxygen atoms in total. The SMILES string of the molecule is C=C(C)[C@@H]1CC[C@]2(NC[C@H]([C@@H](C)OCCOCCOCCOC)N3CCS(=O)(=O)CC3)CC[C@]3(C)[C@H](CC[C@@H]4[C@@]5(C)CC[C@H](OC(=O)CC(C)(C)C(=O)O)C(C)(C)[C@@H]5CC[C@]43C)[C@@H]12. The molecule has 6 fully saturated rings. The zero-order valence-electron chi connectivity index (χ0n) is 40.9. The smallest absolute Gasteiger partial charge is 0.309 e. The van der Waals surface area contributed by atoms with E-state index in [1.54, 1.807) is 21.0 Å². The number of carbonyl (C=O) groups is 2. The molecule has 6 aliphatic rings. The molecule has 63 heavy (non-hydrogen) atoms. The Hall–Kier alpha value is -1.61. The van der Waals surface area contributed by atoms with Crippen LogP contribution in [0.4, 0.5) is 0 Å². The number of carboxylic acid groups (broad SMARTS) is 1. The Kier molecular flexibility index (Phi) is 15.8. The molecule has 5 aliphatic carbocycles. The van der Waals surface area contributed by atoms with E-state index in [4.69, 9.17) is 23.7 Å². The van der Waals surface area contributed by atoms with Crippen LogP contribution in [0.3, 0.4) is 0 Å². The lowest BCUT2D eigenvalue weighted by Gasteiger charge is -2.73.